The van der Waals surface area contributed by atoms with Crippen molar-refractivity contribution in [1.82, 2.24) is 14.8 Å². The van der Waals surface area contributed by atoms with E-state index in [0.717, 1.165) is 39.2 Å². The first-order valence-corrected chi connectivity index (χ1v) is 11.5. The summed E-state index contributed by atoms with van der Waals surface area (Å²) in [5, 5.41) is 9.76. The average molecular weight is 448 g/mol. The summed E-state index contributed by atoms with van der Waals surface area (Å²) in [6, 6.07) is 17.7. The topological polar surface area (TPSA) is 70.2 Å². The number of hydrogen-bond donors (Lipinski definition) is 0. The summed E-state index contributed by atoms with van der Waals surface area (Å²) in [7, 11) is 0. The first-order valence-electron chi connectivity index (χ1n) is 10.5. The molecule has 0 bridgehead atoms. The summed E-state index contributed by atoms with van der Waals surface area (Å²) in [6.07, 6.45) is 1.67. The third kappa shape index (κ3) is 4.78. The van der Waals surface area contributed by atoms with Gasteiger partial charge in [0.25, 0.3) is 0 Å². The van der Waals surface area contributed by atoms with E-state index in [1.165, 1.54) is 0 Å². The van der Waals surface area contributed by atoms with Gasteiger partial charge in [0.05, 0.1) is 25.0 Å². The highest BCUT2D eigenvalue weighted by molar-refractivity contribution is 7.98. The number of nitrogens with zero attached hydrogens (tertiary/aromatic N) is 3. The smallest absolute Gasteiger partial charge is 0.192 e. The lowest BCUT2D eigenvalue weighted by molar-refractivity contribution is 0.101. The van der Waals surface area contributed by atoms with E-state index in [-0.39, 0.29) is 5.78 Å². The Hall–Kier alpha value is -3.32. The molecule has 2 aromatic carbocycles. The number of aromatic nitrogens is 3. The van der Waals surface area contributed by atoms with Crippen LogP contribution >= 0.6 is 11.8 Å². The molecule has 0 radical (unpaired) electrons. The van der Waals surface area contributed by atoms with Crippen LogP contribution in [-0.4, -0.2) is 27.2 Å². The van der Waals surface area contributed by atoms with Crippen molar-refractivity contribution in [3.05, 3.63) is 83.3 Å². The number of hydrogen-bond acceptors (Lipinski definition) is 6. The largest absolute Gasteiger partial charge is 0.494 e. The maximum atomic E-state index is 11.9. The fourth-order valence-electron chi connectivity index (χ4n) is 3.47. The number of aryl methyl sites for hydroxylation is 1. The van der Waals surface area contributed by atoms with Crippen LogP contribution in [0.4, 0.5) is 0 Å². The van der Waals surface area contributed by atoms with Gasteiger partial charge in [-0.05, 0) is 50.6 Å². The first-order chi connectivity index (χ1) is 15.6. The van der Waals surface area contributed by atoms with Gasteiger partial charge in [-0.15, -0.1) is 10.2 Å². The third-order valence-corrected chi connectivity index (χ3v) is 6.14. The Labute approximate surface area is 191 Å². The monoisotopic (exact) mass is 447 g/mol. The lowest BCUT2D eigenvalue weighted by Crippen LogP contribution is -2.05. The van der Waals surface area contributed by atoms with E-state index in [4.69, 9.17) is 9.15 Å². The van der Waals surface area contributed by atoms with Crippen molar-refractivity contribution in [1.29, 1.82) is 0 Å². The summed E-state index contributed by atoms with van der Waals surface area (Å²) in [5.74, 6) is 2.99. The van der Waals surface area contributed by atoms with Crippen LogP contribution in [0.5, 0.6) is 5.75 Å². The number of benzene rings is 2. The molecule has 2 heterocycles. The first kappa shape index (κ1) is 21.9. The van der Waals surface area contributed by atoms with E-state index in [9.17, 15) is 4.79 Å². The zero-order valence-corrected chi connectivity index (χ0v) is 19.2. The van der Waals surface area contributed by atoms with Gasteiger partial charge in [-0.1, -0.05) is 42.1 Å². The number of furan rings is 1. The molecule has 6 nitrogen and oxygen atoms in total. The van der Waals surface area contributed by atoms with Crippen LogP contribution in [0.25, 0.3) is 11.4 Å². The zero-order chi connectivity index (χ0) is 22.5. The van der Waals surface area contributed by atoms with Gasteiger partial charge < -0.3 is 9.15 Å². The normalized spacial score (nSPS) is 11.0. The number of rotatable bonds is 9. The van der Waals surface area contributed by atoms with Crippen molar-refractivity contribution in [2.75, 3.05) is 6.61 Å². The van der Waals surface area contributed by atoms with Crippen LogP contribution in [-0.2, 0) is 12.3 Å². The zero-order valence-electron chi connectivity index (χ0n) is 18.4. The van der Waals surface area contributed by atoms with E-state index in [1.54, 1.807) is 31.0 Å². The summed E-state index contributed by atoms with van der Waals surface area (Å²) in [5.41, 5.74) is 3.71. The van der Waals surface area contributed by atoms with Crippen molar-refractivity contribution < 1.29 is 13.9 Å². The molecule has 0 unspecified atom stereocenters. The molecule has 0 aliphatic heterocycles. The van der Waals surface area contributed by atoms with Crippen LogP contribution in [0.3, 0.4) is 0 Å². The van der Waals surface area contributed by atoms with Gasteiger partial charge >= 0.3 is 0 Å². The maximum absolute atomic E-state index is 11.9. The summed E-state index contributed by atoms with van der Waals surface area (Å²) < 4.78 is 13.4. The van der Waals surface area contributed by atoms with E-state index in [0.29, 0.717) is 24.5 Å². The SMILES string of the molecule is CCOc1ccc(C(C)=O)cc1CSc1nnc(-c2ccoc2C)n1Cc1ccccc1. The van der Waals surface area contributed by atoms with Crippen LogP contribution in [0.15, 0.2) is 70.4 Å². The second-order valence-electron chi connectivity index (χ2n) is 7.37. The fraction of sp³-hybridized carbons (Fsp3) is 0.240. The number of carbonyl (C=O) groups excluding carboxylic acids is 1. The number of carbonyl (C=O) groups is 1. The molecule has 164 valence electrons. The highest BCUT2D eigenvalue weighted by Crippen LogP contribution is 2.32. The molecule has 0 spiro atoms. The Kier molecular flexibility index (Phi) is 6.75. The molecule has 4 rings (SSSR count). The fourth-order valence-corrected chi connectivity index (χ4v) is 4.39. The minimum absolute atomic E-state index is 0.0317. The second kappa shape index (κ2) is 9.87. The molecular weight excluding hydrogens is 422 g/mol. The van der Waals surface area contributed by atoms with Crippen LogP contribution in [0, 0.1) is 6.92 Å². The molecule has 0 fully saturated rings. The molecule has 4 aromatic rings. The Morgan fingerprint density at radius 2 is 1.94 bits per heavy atom. The number of thioether (sulfide) groups is 1. The Morgan fingerprint density at radius 1 is 1.12 bits per heavy atom. The maximum Gasteiger partial charge on any atom is 0.192 e. The van der Waals surface area contributed by atoms with Gasteiger partial charge in [-0.25, -0.2) is 0 Å². The number of ketones is 1. The molecule has 0 aliphatic rings. The van der Waals surface area contributed by atoms with Gasteiger partial charge in [0.2, 0.25) is 0 Å². The molecule has 32 heavy (non-hydrogen) atoms. The Morgan fingerprint density at radius 3 is 2.62 bits per heavy atom. The lowest BCUT2D eigenvalue weighted by atomic mass is 10.1. The standard InChI is InChI=1S/C25H25N3O3S/c1-4-30-23-11-10-20(17(2)29)14-21(23)16-32-25-27-26-24(22-12-13-31-18(22)3)28(25)15-19-8-6-5-7-9-19/h5-14H,4,15-16H2,1-3H3. The van der Waals surface area contributed by atoms with Gasteiger partial charge in [0.1, 0.15) is 11.5 Å². The van der Waals surface area contributed by atoms with Crippen molar-refractivity contribution in [2.45, 2.75) is 38.2 Å². The van der Waals surface area contributed by atoms with Crippen molar-refractivity contribution in [3.8, 4) is 17.1 Å². The quantitative estimate of drug-likeness (QED) is 0.239. The van der Waals surface area contributed by atoms with Crippen LogP contribution in [0.2, 0.25) is 0 Å². The highest BCUT2D eigenvalue weighted by Gasteiger charge is 2.19. The predicted octanol–water partition coefficient (Wildman–Crippen LogP) is 5.79. The molecule has 0 saturated heterocycles. The van der Waals surface area contributed by atoms with E-state index in [1.807, 2.05) is 50.2 Å². The van der Waals surface area contributed by atoms with Crippen LogP contribution in [0.1, 0.15) is 41.1 Å². The van der Waals surface area contributed by atoms with Gasteiger partial charge in [0.15, 0.2) is 16.8 Å². The number of Topliss-reactive ketones (excluding diaryl/α,β-unsaturated/α-hetero) is 1. The van der Waals surface area contributed by atoms with Crippen LogP contribution < -0.4 is 4.74 Å². The van der Waals surface area contributed by atoms with E-state index >= 15 is 0 Å². The average Bonchev–Trinajstić information content (AvgIpc) is 3.39. The molecule has 0 atom stereocenters. The molecule has 0 saturated carbocycles. The Balaban J connectivity index is 1.67. The molecule has 2 aromatic heterocycles. The predicted molar refractivity (Wildman–Crippen MR) is 125 cm³/mol. The van der Waals surface area contributed by atoms with Gasteiger partial charge in [-0.2, -0.15) is 0 Å². The summed E-state index contributed by atoms with van der Waals surface area (Å²) in [6.45, 7) is 6.65. The van der Waals surface area contributed by atoms with E-state index < -0.39 is 0 Å². The second-order valence-corrected chi connectivity index (χ2v) is 8.31. The van der Waals surface area contributed by atoms with Gasteiger partial charge in [-0.3, -0.25) is 9.36 Å². The third-order valence-electron chi connectivity index (χ3n) is 5.12. The van der Waals surface area contributed by atoms with E-state index in [2.05, 4.69) is 26.9 Å². The molecule has 0 amide bonds. The minimum Gasteiger partial charge on any atom is -0.494 e. The van der Waals surface area contributed by atoms with Gasteiger partial charge in [0, 0.05) is 16.9 Å². The van der Waals surface area contributed by atoms with Crippen molar-refractivity contribution in [3.63, 3.8) is 0 Å². The van der Waals surface area contributed by atoms with Crippen molar-refractivity contribution >= 4 is 17.5 Å². The molecule has 7 heteroatoms. The molecule has 0 N–H and O–H groups in total. The summed E-state index contributed by atoms with van der Waals surface area (Å²) in [4.78, 5) is 11.9. The lowest BCUT2D eigenvalue weighted by Gasteiger charge is -2.13. The Bertz CT molecular complexity index is 1210. The minimum atomic E-state index is 0.0317. The number of ether oxygens (including phenoxy) is 1. The molecular formula is C25H25N3O3S. The highest BCUT2D eigenvalue weighted by atomic mass is 32.2. The summed E-state index contributed by atoms with van der Waals surface area (Å²) >= 11 is 1.57. The molecule has 0 aliphatic carbocycles. The van der Waals surface area contributed by atoms with Crippen molar-refractivity contribution in [2.24, 2.45) is 0 Å².